The number of rotatable bonds is 7. The highest BCUT2D eigenvalue weighted by molar-refractivity contribution is 7.19. The predicted molar refractivity (Wildman–Crippen MR) is 137 cm³/mol. The van der Waals surface area contributed by atoms with E-state index in [-0.39, 0.29) is 5.91 Å². The molecular weight excluding hydrogens is 434 g/mol. The number of benzene rings is 2. The van der Waals surface area contributed by atoms with Crippen molar-refractivity contribution in [2.24, 2.45) is 0 Å². The van der Waals surface area contributed by atoms with Crippen molar-refractivity contribution < 1.29 is 14.3 Å². The maximum Gasteiger partial charge on any atom is 0.414 e. The number of carbonyl (C=O) groups is 2. The van der Waals surface area contributed by atoms with Crippen LogP contribution in [0.2, 0.25) is 0 Å². The maximum absolute atomic E-state index is 13.1. The highest BCUT2D eigenvalue weighted by Gasteiger charge is 2.24. The van der Waals surface area contributed by atoms with Crippen LogP contribution in [0, 0.1) is 0 Å². The van der Waals surface area contributed by atoms with Gasteiger partial charge < -0.3 is 15.8 Å². The third kappa shape index (κ3) is 6.58. The Labute approximate surface area is 199 Å². The molecule has 2 aromatic carbocycles. The van der Waals surface area contributed by atoms with Gasteiger partial charge in [0.1, 0.15) is 5.60 Å². The van der Waals surface area contributed by atoms with Crippen LogP contribution in [0.5, 0.6) is 0 Å². The molecule has 3 aromatic rings. The van der Waals surface area contributed by atoms with Crippen molar-refractivity contribution in [1.82, 2.24) is 0 Å². The number of thiophene rings is 1. The van der Waals surface area contributed by atoms with Gasteiger partial charge in [0.05, 0.1) is 10.0 Å². The van der Waals surface area contributed by atoms with Gasteiger partial charge in [0.15, 0.2) is 0 Å². The molecule has 0 saturated heterocycles. The first-order valence-electron chi connectivity index (χ1n) is 11.0. The fourth-order valence-corrected chi connectivity index (χ4v) is 3.98. The average molecular weight is 466 g/mol. The first-order chi connectivity index (χ1) is 15.7. The molecule has 0 radical (unpaired) electrons. The summed E-state index contributed by atoms with van der Waals surface area (Å²) < 4.78 is 5.65. The van der Waals surface area contributed by atoms with E-state index in [1.54, 1.807) is 29.2 Å². The number of hydrogen-bond acceptors (Lipinski definition) is 5. The van der Waals surface area contributed by atoms with Crippen molar-refractivity contribution in [3.63, 3.8) is 0 Å². The zero-order valence-electron chi connectivity index (χ0n) is 19.6. The molecule has 0 aliphatic carbocycles. The third-order valence-corrected chi connectivity index (χ3v) is 5.69. The predicted octanol–water partition coefficient (Wildman–Crippen LogP) is 6.79. The van der Waals surface area contributed by atoms with Gasteiger partial charge in [0, 0.05) is 17.8 Å². The number of nitrogens with one attached hydrogen (secondary N) is 1. The summed E-state index contributed by atoms with van der Waals surface area (Å²) in [7, 11) is 0. The molecule has 2 amide bonds. The Morgan fingerprint density at radius 2 is 1.79 bits per heavy atom. The van der Waals surface area contributed by atoms with Gasteiger partial charge in [0.2, 0.25) is 0 Å². The molecule has 7 heteroatoms. The summed E-state index contributed by atoms with van der Waals surface area (Å²) in [5.41, 5.74) is 8.01. The van der Waals surface area contributed by atoms with Crippen molar-refractivity contribution in [1.29, 1.82) is 0 Å². The molecule has 174 valence electrons. The molecule has 1 aromatic heterocycles. The molecule has 0 aliphatic rings. The standard InChI is InChI=1S/C26H31N3O3S/c1-5-6-16-29(25(31)32-26(2,3)4)19-12-13-20(21(17-19)18-10-8-7-9-11-18)24(30)28-23-15-14-22(27)33-23/h7-15,17H,5-6,16,27H2,1-4H3,(H,28,30). The van der Waals surface area contributed by atoms with Crippen LogP contribution in [-0.4, -0.2) is 24.1 Å². The van der Waals surface area contributed by atoms with Crippen molar-refractivity contribution in [2.75, 3.05) is 22.5 Å². The Morgan fingerprint density at radius 1 is 1.06 bits per heavy atom. The van der Waals surface area contributed by atoms with Crippen LogP contribution in [0.1, 0.15) is 50.9 Å². The summed E-state index contributed by atoms with van der Waals surface area (Å²) in [6.07, 6.45) is 1.37. The van der Waals surface area contributed by atoms with Crippen LogP contribution >= 0.6 is 11.3 Å². The lowest BCUT2D eigenvalue weighted by Crippen LogP contribution is -2.37. The molecule has 6 nitrogen and oxygen atoms in total. The lowest BCUT2D eigenvalue weighted by atomic mass is 9.98. The Balaban J connectivity index is 2.02. The van der Waals surface area contributed by atoms with E-state index < -0.39 is 11.7 Å². The average Bonchev–Trinajstić information content (AvgIpc) is 3.17. The Kier molecular flexibility index (Phi) is 7.76. The topological polar surface area (TPSA) is 84.7 Å². The quantitative estimate of drug-likeness (QED) is 0.402. The van der Waals surface area contributed by atoms with Crippen molar-refractivity contribution in [3.05, 3.63) is 66.2 Å². The van der Waals surface area contributed by atoms with Gasteiger partial charge in [-0.05, 0) is 68.7 Å². The summed E-state index contributed by atoms with van der Waals surface area (Å²) in [5.74, 6) is -0.236. The molecule has 1 heterocycles. The third-order valence-electron chi connectivity index (χ3n) is 4.86. The highest BCUT2D eigenvalue weighted by atomic mass is 32.1. The normalized spacial score (nSPS) is 11.2. The first-order valence-corrected chi connectivity index (χ1v) is 11.9. The maximum atomic E-state index is 13.1. The minimum Gasteiger partial charge on any atom is -0.443 e. The number of nitrogens with zero attached hydrogens (tertiary/aromatic N) is 1. The Hall–Kier alpha value is -3.32. The fourth-order valence-electron chi connectivity index (χ4n) is 3.31. The van der Waals surface area contributed by atoms with E-state index in [4.69, 9.17) is 10.5 Å². The molecule has 0 aliphatic heterocycles. The second-order valence-corrected chi connectivity index (χ2v) is 9.85. The van der Waals surface area contributed by atoms with Gasteiger partial charge in [0.25, 0.3) is 5.91 Å². The smallest absolute Gasteiger partial charge is 0.414 e. The van der Waals surface area contributed by atoms with E-state index in [1.165, 1.54) is 11.3 Å². The fraction of sp³-hybridized carbons (Fsp3) is 0.308. The van der Waals surface area contributed by atoms with E-state index in [0.29, 0.717) is 27.8 Å². The number of ether oxygens (including phenoxy) is 1. The lowest BCUT2D eigenvalue weighted by Gasteiger charge is -2.28. The van der Waals surface area contributed by atoms with Crippen molar-refractivity contribution in [2.45, 2.75) is 46.1 Å². The van der Waals surface area contributed by atoms with Crippen LogP contribution in [0.15, 0.2) is 60.7 Å². The summed E-state index contributed by atoms with van der Waals surface area (Å²) >= 11 is 1.32. The van der Waals surface area contributed by atoms with Gasteiger partial charge in [-0.1, -0.05) is 43.7 Å². The van der Waals surface area contributed by atoms with E-state index >= 15 is 0 Å². The molecule has 0 fully saturated rings. The van der Waals surface area contributed by atoms with Gasteiger partial charge in [-0.2, -0.15) is 0 Å². The molecule has 0 saturated carbocycles. The number of anilines is 3. The van der Waals surface area contributed by atoms with Gasteiger partial charge in [-0.15, -0.1) is 11.3 Å². The highest BCUT2D eigenvalue weighted by Crippen LogP contribution is 2.31. The van der Waals surface area contributed by atoms with E-state index in [0.717, 1.165) is 24.0 Å². The summed E-state index contributed by atoms with van der Waals surface area (Å²) in [4.78, 5) is 27.8. The lowest BCUT2D eigenvalue weighted by molar-refractivity contribution is 0.0580. The Morgan fingerprint density at radius 3 is 2.39 bits per heavy atom. The molecule has 0 bridgehead atoms. The number of hydrogen-bond donors (Lipinski definition) is 2. The number of unbranched alkanes of at least 4 members (excludes halogenated alkanes) is 1. The summed E-state index contributed by atoms with van der Waals surface area (Å²) in [6, 6.07) is 18.6. The SMILES string of the molecule is CCCCN(C(=O)OC(C)(C)C)c1ccc(C(=O)Nc2ccc(N)s2)c(-c2ccccc2)c1. The van der Waals surface area contributed by atoms with Crippen molar-refractivity contribution in [3.8, 4) is 11.1 Å². The molecule has 0 unspecified atom stereocenters. The molecular formula is C26H31N3O3S. The van der Waals surface area contributed by atoms with Crippen molar-refractivity contribution >= 4 is 39.0 Å². The van der Waals surface area contributed by atoms with Gasteiger partial charge in [-0.25, -0.2) is 4.79 Å². The molecule has 0 atom stereocenters. The van der Waals surface area contributed by atoms with Gasteiger partial charge >= 0.3 is 6.09 Å². The second-order valence-electron chi connectivity index (χ2n) is 8.74. The van der Waals surface area contributed by atoms with E-state index in [1.807, 2.05) is 57.2 Å². The van der Waals surface area contributed by atoms with Crippen LogP contribution in [0.3, 0.4) is 0 Å². The largest absolute Gasteiger partial charge is 0.443 e. The Bertz CT molecular complexity index is 1100. The molecule has 3 N–H and O–H groups in total. The van der Waals surface area contributed by atoms with E-state index in [2.05, 4.69) is 12.2 Å². The monoisotopic (exact) mass is 465 g/mol. The number of nitrogens with two attached hydrogens (primary N) is 1. The number of carbonyl (C=O) groups excluding carboxylic acids is 2. The van der Waals surface area contributed by atoms with Crippen LogP contribution < -0.4 is 16.0 Å². The molecule has 3 rings (SSSR count). The van der Waals surface area contributed by atoms with Gasteiger partial charge in [-0.3, -0.25) is 9.69 Å². The zero-order chi connectivity index (χ0) is 24.0. The molecule has 0 spiro atoms. The molecule has 33 heavy (non-hydrogen) atoms. The van der Waals surface area contributed by atoms with Crippen LogP contribution in [0.4, 0.5) is 20.5 Å². The number of amides is 2. The first kappa shape index (κ1) is 24.3. The summed E-state index contributed by atoms with van der Waals surface area (Å²) in [5, 5.41) is 4.23. The summed E-state index contributed by atoms with van der Waals surface area (Å²) in [6.45, 7) is 8.16. The minimum atomic E-state index is -0.605. The second kappa shape index (κ2) is 10.5. The minimum absolute atomic E-state index is 0.236. The number of nitrogen functional groups attached to an aromatic ring is 1. The van der Waals surface area contributed by atoms with E-state index in [9.17, 15) is 9.59 Å². The van der Waals surface area contributed by atoms with Crippen LogP contribution in [-0.2, 0) is 4.74 Å². The zero-order valence-corrected chi connectivity index (χ0v) is 20.4. The van der Waals surface area contributed by atoms with Crippen LogP contribution in [0.25, 0.3) is 11.1 Å².